The first-order valence-electron chi connectivity index (χ1n) is 8.04. The van der Waals surface area contributed by atoms with Gasteiger partial charge in [0.25, 0.3) is 0 Å². The van der Waals surface area contributed by atoms with Crippen LogP contribution in [0.5, 0.6) is 0 Å². The van der Waals surface area contributed by atoms with Gasteiger partial charge in [-0.1, -0.05) is 6.92 Å². The van der Waals surface area contributed by atoms with E-state index in [1.54, 1.807) is 0 Å². The Morgan fingerprint density at radius 3 is 2.89 bits per heavy atom. The normalized spacial score (nSPS) is 30.6. The molecule has 2 aliphatic heterocycles. The van der Waals surface area contributed by atoms with Crippen LogP contribution in [0.4, 0.5) is 0 Å². The molecule has 2 rings (SSSR count). The zero-order chi connectivity index (χ0) is 13.5. The summed E-state index contributed by atoms with van der Waals surface area (Å²) in [5.41, 5.74) is 0. The van der Waals surface area contributed by atoms with Gasteiger partial charge >= 0.3 is 0 Å². The van der Waals surface area contributed by atoms with Crippen LogP contribution in [0, 0.1) is 0 Å². The molecular weight excluding hydrogens is 238 g/mol. The molecule has 0 aromatic heterocycles. The topological polar surface area (TPSA) is 27.7 Å². The summed E-state index contributed by atoms with van der Waals surface area (Å²) < 4.78 is 5.64. The van der Waals surface area contributed by atoms with Crippen LogP contribution >= 0.6 is 0 Å². The van der Waals surface area contributed by atoms with E-state index >= 15 is 0 Å². The molecule has 0 spiro atoms. The van der Waals surface area contributed by atoms with Crippen molar-refractivity contribution in [3.8, 4) is 0 Å². The van der Waals surface area contributed by atoms with Crippen LogP contribution in [0.1, 0.15) is 32.6 Å². The average molecular weight is 269 g/mol. The standard InChI is InChI=1S/C15H31N3O/c1-3-14-13-17(2)8-5-9-18(14)10-7-16-12-15-6-4-11-19-15/h14-16H,3-13H2,1-2H3. The minimum atomic E-state index is 0.470. The van der Waals surface area contributed by atoms with Crippen LogP contribution in [-0.2, 0) is 4.74 Å². The van der Waals surface area contributed by atoms with Crippen LogP contribution in [-0.4, -0.2) is 74.9 Å². The molecule has 2 heterocycles. The third-order valence-corrected chi connectivity index (χ3v) is 4.47. The number of nitrogens with one attached hydrogen (secondary N) is 1. The van der Waals surface area contributed by atoms with Gasteiger partial charge in [-0.3, -0.25) is 4.90 Å². The van der Waals surface area contributed by atoms with Crippen LogP contribution < -0.4 is 5.32 Å². The zero-order valence-electron chi connectivity index (χ0n) is 12.7. The highest BCUT2D eigenvalue weighted by Gasteiger charge is 2.21. The van der Waals surface area contributed by atoms with Gasteiger partial charge in [-0.25, -0.2) is 0 Å². The molecule has 0 amide bonds. The van der Waals surface area contributed by atoms with E-state index < -0.39 is 0 Å². The van der Waals surface area contributed by atoms with E-state index in [4.69, 9.17) is 4.74 Å². The van der Waals surface area contributed by atoms with Crippen molar-refractivity contribution in [3.05, 3.63) is 0 Å². The van der Waals surface area contributed by atoms with E-state index in [1.807, 2.05) is 0 Å². The quantitative estimate of drug-likeness (QED) is 0.733. The molecule has 4 heteroatoms. The lowest BCUT2D eigenvalue weighted by molar-refractivity contribution is 0.108. The number of nitrogens with zero attached hydrogens (tertiary/aromatic N) is 2. The molecule has 0 bridgehead atoms. The lowest BCUT2D eigenvalue weighted by atomic mass is 10.2. The Balaban J connectivity index is 1.64. The molecule has 2 aliphatic rings. The maximum absolute atomic E-state index is 5.64. The molecule has 2 saturated heterocycles. The Kier molecular flexibility index (Phi) is 6.57. The van der Waals surface area contributed by atoms with Crippen molar-refractivity contribution in [2.24, 2.45) is 0 Å². The van der Waals surface area contributed by atoms with E-state index in [-0.39, 0.29) is 0 Å². The highest BCUT2D eigenvalue weighted by atomic mass is 16.5. The third-order valence-electron chi connectivity index (χ3n) is 4.47. The summed E-state index contributed by atoms with van der Waals surface area (Å²) in [6, 6.07) is 0.733. The average Bonchev–Trinajstić information content (AvgIpc) is 2.85. The SMILES string of the molecule is CCC1CN(C)CCCN1CCNCC1CCCO1. The Bertz CT molecular complexity index is 244. The fourth-order valence-corrected chi connectivity index (χ4v) is 3.27. The highest BCUT2D eigenvalue weighted by molar-refractivity contribution is 4.78. The molecule has 4 nitrogen and oxygen atoms in total. The van der Waals surface area contributed by atoms with E-state index in [9.17, 15) is 0 Å². The molecule has 2 fully saturated rings. The van der Waals surface area contributed by atoms with Crippen molar-refractivity contribution >= 4 is 0 Å². The summed E-state index contributed by atoms with van der Waals surface area (Å²) in [5, 5.41) is 3.57. The molecule has 0 radical (unpaired) electrons. The van der Waals surface area contributed by atoms with Crippen molar-refractivity contribution in [1.29, 1.82) is 0 Å². The lowest BCUT2D eigenvalue weighted by Crippen LogP contribution is -2.43. The predicted molar refractivity (Wildman–Crippen MR) is 79.6 cm³/mol. The van der Waals surface area contributed by atoms with E-state index in [1.165, 1.54) is 51.9 Å². The summed E-state index contributed by atoms with van der Waals surface area (Å²) in [5.74, 6) is 0. The van der Waals surface area contributed by atoms with Gasteiger partial charge in [-0.15, -0.1) is 0 Å². The molecule has 112 valence electrons. The summed E-state index contributed by atoms with van der Waals surface area (Å²) in [6.45, 7) is 10.3. The molecule has 0 aromatic rings. The van der Waals surface area contributed by atoms with E-state index in [2.05, 4.69) is 29.1 Å². The molecule has 2 unspecified atom stereocenters. The van der Waals surface area contributed by atoms with Gasteiger partial charge in [-0.05, 0) is 45.8 Å². The maximum Gasteiger partial charge on any atom is 0.0700 e. The summed E-state index contributed by atoms with van der Waals surface area (Å²) in [7, 11) is 2.25. The minimum Gasteiger partial charge on any atom is -0.377 e. The van der Waals surface area contributed by atoms with Crippen molar-refractivity contribution in [3.63, 3.8) is 0 Å². The van der Waals surface area contributed by atoms with Crippen LogP contribution in [0.3, 0.4) is 0 Å². The minimum absolute atomic E-state index is 0.470. The van der Waals surface area contributed by atoms with Crippen LogP contribution in [0.25, 0.3) is 0 Å². The van der Waals surface area contributed by atoms with Crippen molar-refractivity contribution in [2.45, 2.75) is 44.8 Å². The maximum atomic E-state index is 5.64. The van der Waals surface area contributed by atoms with Gasteiger partial charge in [-0.2, -0.15) is 0 Å². The van der Waals surface area contributed by atoms with E-state index in [0.29, 0.717) is 6.10 Å². The van der Waals surface area contributed by atoms with Crippen molar-refractivity contribution in [2.75, 3.05) is 52.9 Å². The summed E-state index contributed by atoms with van der Waals surface area (Å²) in [6.07, 6.45) is 5.51. The molecule has 0 aromatic carbocycles. The first kappa shape index (κ1) is 15.2. The Morgan fingerprint density at radius 1 is 1.26 bits per heavy atom. The third kappa shape index (κ3) is 5.03. The fraction of sp³-hybridized carbons (Fsp3) is 1.00. The molecule has 0 saturated carbocycles. The van der Waals surface area contributed by atoms with Crippen molar-refractivity contribution < 1.29 is 4.74 Å². The Morgan fingerprint density at radius 2 is 2.16 bits per heavy atom. The zero-order valence-corrected chi connectivity index (χ0v) is 12.7. The molecule has 19 heavy (non-hydrogen) atoms. The Labute approximate surface area is 118 Å². The predicted octanol–water partition coefficient (Wildman–Crippen LogP) is 1.17. The van der Waals surface area contributed by atoms with Gasteiger partial charge in [0.15, 0.2) is 0 Å². The second kappa shape index (κ2) is 8.20. The van der Waals surface area contributed by atoms with Gasteiger partial charge in [0, 0.05) is 38.8 Å². The summed E-state index contributed by atoms with van der Waals surface area (Å²) >= 11 is 0. The molecular formula is C15H31N3O. The molecule has 1 N–H and O–H groups in total. The number of hydrogen-bond donors (Lipinski definition) is 1. The van der Waals surface area contributed by atoms with Crippen molar-refractivity contribution in [1.82, 2.24) is 15.1 Å². The molecule has 0 aliphatic carbocycles. The van der Waals surface area contributed by atoms with E-state index in [0.717, 1.165) is 25.7 Å². The first-order valence-corrected chi connectivity index (χ1v) is 8.04. The van der Waals surface area contributed by atoms with Gasteiger partial charge in [0.1, 0.15) is 0 Å². The second-order valence-electron chi connectivity index (χ2n) is 6.05. The Hall–Kier alpha value is -0.160. The summed E-state index contributed by atoms with van der Waals surface area (Å²) in [4.78, 5) is 5.15. The smallest absolute Gasteiger partial charge is 0.0700 e. The fourth-order valence-electron chi connectivity index (χ4n) is 3.27. The van der Waals surface area contributed by atoms with Gasteiger partial charge in [0.05, 0.1) is 6.10 Å². The van der Waals surface area contributed by atoms with Gasteiger partial charge < -0.3 is 15.0 Å². The monoisotopic (exact) mass is 269 g/mol. The van der Waals surface area contributed by atoms with Crippen LogP contribution in [0.15, 0.2) is 0 Å². The number of rotatable bonds is 6. The molecule has 2 atom stereocenters. The highest BCUT2D eigenvalue weighted by Crippen LogP contribution is 2.12. The number of hydrogen-bond acceptors (Lipinski definition) is 4. The van der Waals surface area contributed by atoms with Crippen LogP contribution in [0.2, 0.25) is 0 Å². The lowest BCUT2D eigenvalue weighted by Gasteiger charge is -2.30. The largest absolute Gasteiger partial charge is 0.377 e. The second-order valence-corrected chi connectivity index (χ2v) is 6.05. The number of likely N-dealkylation sites (N-methyl/N-ethyl adjacent to an activating group) is 1. The first-order chi connectivity index (χ1) is 9.29. The van der Waals surface area contributed by atoms with Gasteiger partial charge in [0.2, 0.25) is 0 Å². The number of ether oxygens (including phenoxy) is 1.